The maximum atomic E-state index is 11.7. The lowest BCUT2D eigenvalue weighted by atomic mass is 10.2. The Morgan fingerprint density at radius 3 is 2.94 bits per heavy atom. The van der Waals surface area contributed by atoms with Crippen LogP contribution in [0, 0.1) is 0 Å². The molecule has 18 heavy (non-hydrogen) atoms. The summed E-state index contributed by atoms with van der Waals surface area (Å²) in [5, 5.41) is 3.93. The van der Waals surface area contributed by atoms with Gasteiger partial charge in [0.05, 0.1) is 12.8 Å². The molecule has 7 nitrogen and oxygen atoms in total. The van der Waals surface area contributed by atoms with Crippen molar-refractivity contribution in [1.82, 2.24) is 24.5 Å². The van der Waals surface area contributed by atoms with Crippen LogP contribution in [-0.4, -0.2) is 51.7 Å². The van der Waals surface area contributed by atoms with Gasteiger partial charge < -0.3 is 9.64 Å². The van der Waals surface area contributed by atoms with Crippen LogP contribution < -0.4 is 0 Å². The predicted octanol–water partition coefficient (Wildman–Crippen LogP) is 0.443. The Labute approximate surface area is 104 Å². The van der Waals surface area contributed by atoms with Gasteiger partial charge in [-0.15, -0.1) is 0 Å². The van der Waals surface area contributed by atoms with E-state index >= 15 is 0 Å². The SMILES string of the molecule is COC(=O)c1cn2ncnc2nc1/C=C/N(C)C. The van der Waals surface area contributed by atoms with Crippen LogP contribution in [-0.2, 0) is 4.74 Å². The van der Waals surface area contributed by atoms with Crippen LogP contribution in [0.15, 0.2) is 18.7 Å². The van der Waals surface area contributed by atoms with Crippen molar-refractivity contribution in [2.24, 2.45) is 0 Å². The molecular weight excluding hydrogens is 234 g/mol. The third-order valence-electron chi connectivity index (χ3n) is 2.24. The largest absolute Gasteiger partial charge is 0.465 e. The first-order chi connectivity index (χ1) is 8.61. The van der Waals surface area contributed by atoms with Gasteiger partial charge in [0.25, 0.3) is 5.78 Å². The number of aromatic nitrogens is 4. The number of hydrogen-bond donors (Lipinski definition) is 0. The minimum Gasteiger partial charge on any atom is -0.465 e. The lowest BCUT2D eigenvalue weighted by Gasteiger charge is -2.06. The minimum absolute atomic E-state index is 0.341. The number of fused-ring (bicyclic) bond motifs is 1. The smallest absolute Gasteiger partial charge is 0.341 e. The Kier molecular flexibility index (Phi) is 3.22. The van der Waals surface area contributed by atoms with E-state index in [4.69, 9.17) is 4.74 Å². The van der Waals surface area contributed by atoms with Crippen LogP contribution in [0.25, 0.3) is 11.9 Å². The van der Waals surface area contributed by atoms with E-state index in [-0.39, 0.29) is 0 Å². The molecule has 0 N–H and O–H groups in total. The number of rotatable bonds is 3. The molecule has 0 aliphatic heterocycles. The maximum Gasteiger partial charge on any atom is 0.341 e. The monoisotopic (exact) mass is 247 g/mol. The van der Waals surface area contributed by atoms with Crippen LogP contribution in [0.1, 0.15) is 16.1 Å². The summed E-state index contributed by atoms with van der Waals surface area (Å²) in [6.07, 6.45) is 6.45. The van der Waals surface area contributed by atoms with Crippen LogP contribution in [0.5, 0.6) is 0 Å². The first-order valence-electron chi connectivity index (χ1n) is 5.25. The molecule has 94 valence electrons. The summed E-state index contributed by atoms with van der Waals surface area (Å²) in [6, 6.07) is 0. The molecule has 2 heterocycles. The van der Waals surface area contributed by atoms with E-state index in [0.717, 1.165) is 0 Å². The Balaban J connectivity index is 2.55. The Morgan fingerprint density at radius 2 is 2.28 bits per heavy atom. The lowest BCUT2D eigenvalue weighted by molar-refractivity contribution is 0.0599. The van der Waals surface area contributed by atoms with Crippen molar-refractivity contribution in [3.05, 3.63) is 30.0 Å². The van der Waals surface area contributed by atoms with E-state index in [0.29, 0.717) is 17.0 Å². The second-order valence-electron chi connectivity index (χ2n) is 3.82. The van der Waals surface area contributed by atoms with Gasteiger partial charge in [0.15, 0.2) is 0 Å². The van der Waals surface area contributed by atoms with Crippen molar-refractivity contribution in [3.63, 3.8) is 0 Å². The number of esters is 1. The second-order valence-corrected chi connectivity index (χ2v) is 3.82. The number of ether oxygens (including phenoxy) is 1. The first kappa shape index (κ1) is 12.0. The van der Waals surface area contributed by atoms with Gasteiger partial charge in [-0.1, -0.05) is 0 Å². The van der Waals surface area contributed by atoms with Gasteiger partial charge in [-0.2, -0.15) is 10.1 Å². The molecule has 7 heteroatoms. The van der Waals surface area contributed by atoms with Crippen molar-refractivity contribution < 1.29 is 9.53 Å². The molecule has 0 saturated heterocycles. The van der Waals surface area contributed by atoms with Gasteiger partial charge in [-0.25, -0.2) is 14.3 Å². The molecule has 0 saturated carbocycles. The molecule has 2 aromatic heterocycles. The van der Waals surface area contributed by atoms with Crippen molar-refractivity contribution in [2.45, 2.75) is 0 Å². The summed E-state index contributed by atoms with van der Waals surface area (Å²) in [5.74, 6) is -0.0284. The van der Waals surface area contributed by atoms with E-state index in [1.54, 1.807) is 18.5 Å². The normalized spacial score (nSPS) is 11.1. The predicted molar refractivity (Wildman–Crippen MR) is 64.8 cm³/mol. The van der Waals surface area contributed by atoms with Crippen molar-refractivity contribution in [1.29, 1.82) is 0 Å². The van der Waals surface area contributed by atoms with Gasteiger partial charge >= 0.3 is 5.97 Å². The molecule has 0 radical (unpaired) electrons. The van der Waals surface area contributed by atoms with E-state index in [1.807, 2.05) is 19.0 Å². The summed E-state index contributed by atoms with van der Waals surface area (Å²) >= 11 is 0. The van der Waals surface area contributed by atoms with Gasteiger partial charge in [0.1, 0.15) is 11.9 Å². The van der Waals surface area contributed by atoms with Crippen LogP contribution >= 0.6 is 0 Å². The van der Waals surface area contributed by atoms with E-state index < -0.39 is 5.97 Å². The molecule has 0 aromatic carbocycles. The van der Waals surface area contributed by atoms with Gasteiger partial charge in [-0.3, -0.25) is 0 Å². The molecule has 0 bridgehead atoms. The second kappa shape index (κ2) is 4.82. The highest BCUT2D eigenvalue weighted by Crippen LogP contribution is 2.11. The Morgan fingerprint density at radius 1 is 1.50 bits per heavy atom. The van der Waals surface area contributed by atoms with E-state index in [1.165, 1.54) is 18.0 Å². The van der Waals surface area contributed by atoms with Crippen molar-refractivity contribution in [2.75, 3.05) is 21.2 Å². The van der Waals surface area contributed by atoms with Crippen molar-refractivity contribution in [3.8, 4) is 0 Å². The third kappa shape index (κ3) is 2.29. The number of hydrogen-bond acceptors (Lipinski definition) is 6. The van der Waals surface area contributed by atoms with Gasteiger partial charge in [0, 0.05) is 26.5 Å². The minimum atomic E-state index is -0.460. The molecule has 2 aromatic rings. The average molecular weight is 247 g/mol. The lowest BCUT2D eigenvalue weighted by Crippen LogP contribution is -2.09. The van der Waals surface area contributed by atoms with E-state index in [2.05, 4.69) is 15.1 Å². The fourth-order valence-corrected chi connectivity index (χ4v) is 1.39. The topological polar surface area (TPSA) is 72.6 Å². The van der Waals surface area contributed by atoms with Crippen molar-refractivity contribution >= 4 is 17.8 Å². The molecule has 2 rings (SSSR count). The fourth-order valence-electron chi connectivity index (χ4n) is 1.39. The molecular formula is C11H13N5O2. The van der Waals surface area contributed by atoms with Crippen LogP contribution in [0.3, 0.4) is 0 Å². The first-order valence-corrected chi connectivity index (χ1v) is 5.25. The summed E-state index contributed by atoms with van der Waals surface area (Å²) in [5.41, 5.74) is 0.838. The molecule has 0 aliphatic rings. The summed E-state index contributed by atoms with van der Waals surface area (Å²) < 4.78 is 6.15. The highest BCUT2D eigenvalue weighted by atomic mass is 16.5. The maximum absolute atomic E-state index is 11.7. The molecule has 0 spiro atoms. The Hall–Kier alpha value is -2.44. The van der Waals surface area contributed by atoms with Gasteiger partial charge in [-0.05, 0) is 6.08 Å². The zero-order valence-electron chi connectivity index (χ0n) is 10.4. The molecule has 0 unspecified atom stereocenters. The third-order valence-corrected chi connectivity index (χ3v) is 2.24. The van der Waals surface area contributed by atoms with Crippen LogP contribution in [0.4, 0.5) is 0 Å². The zero-order chi connectivity index (χ0) is 13.1. The summed E-state index contributed by atoms with van der Waals surface area (Å²) in [7, 11) is 5.08. The van der Waals surface area contributed by atoms with Gasteiger partial charge in [0.2, 0.25) is 0 Å². The molecule has 0 amide bonds. The number of methoxy groups -OCH3 is 1. The highest BCUT2D eigenvalue weighted by molar-refractivity contribution is 5.92. The molecule has 0 atom stereocenters. The van der Waals surface area contributed by atoms with E-state index in [9.17, 15) is 4.79 Å². The highest BCUT2D eigenvalue weighted by Gasteiger charge is 2.14. The standard InChI is InChI=1S/C11H13N5O2/c1-15(2)5-4-9-8(10(17)18-3)6-16-11(14-9)12-7-13-16/h4-7H,1-3H3/b5-4+. The average Bonchev–Trinajstić information content (AvgIpc) is 2.81. The Bertz CT molecular complexity index is 602. The fraction of sp³-hybridized carbons (Fsp3) is 0.273. The zero-order valence-corrected chi connectivity index (χ0v) is 10.4. The summed E-state index contributed by atoms with van der Waals surface area (Å²) in [4.78, 5) is 21.7. The molecule has 0 fully saturated rings. The van der Waals surface area contributed by atoms with Crippen LogP contribution in [0.2, 0.25) is 0 Å². The number of carbonyl (C=O) groups excluding carboxylic acids is 1. The number of nitrogens with zero attached hydrogens (tertiary/aromatic N) is 5. The summed E-state index contributed by atoms with van der Waals surface area (Å²) in [6.45, 7) is 0. The quantitative estimate of drug-likeness (QED) is 0.733. The molecule has 0 aliphatic carbocycles. The number of carbonyl (C=O) groups is 1.